The monoisotopic (exact) mass is 350 g/mol. The van der Waals surface area contributed by atoms with Crippen LogP contribution in [0.25, 0.3) is 11.1 Å². The number of nitrogens with one attached hydrogen (secondary N) is 1. The molecule has 3 aromatic rings. The number of rotatable bonds is 5. The predicted octanol–water partition coefficient (Wildman–Crippen LogP) is 4.65. The van der Waals surface area contributed by atoms with E-state index in [0.717, 1.165) is 5.56 Å². The second-order valence-electron chi connectivity index (χ2n) is 5.92. The average molecular weight is 350 g/mol. The van der Waals surface area contributed by atoms with Gasteiger partial charge >= 0.3 is 0 Å². The van der Waals surface area contributed by atoms with E-state index in [0.29, 0.717) is 29.8 Å². The first-order valence-electron chi connectivity index (χ1n) is 8.47. The van der Waals surface area contributed by atoms with Gasteiger partial charge in [0.15, 0.2) is 0 Å². The third-order valence-corrected chi connectivity index (χ3v) is 4.03. The fourth-order valence-electron chi connectivity index (χ4n) is 2.80. The van der Waals surface area contributed by atoms with Gasteiger partial charge in [-0.05, 0) is 36.2 Å². The Morgan fingerprint density at radius 2 is 1.77 bits per heavy atom. The molecule has 0 fully saturated rings. The number of carbonyl (C=O) groups excluding carboxylic acids is 1. The zero-order chi connectivity index (χ0) is 18.5. The summed E-state index contributed by atoms with van der Waals surface area (Å²) < 4.78 is 14.7. The zero-order valence-corrected chi connectivity index (χ0v) is 14.4. The number of hydrogen-bond acceptors (Lipinski definition) is 2. The largest absolute Gasteiger partial charge is 0.327 e. The normalized spacial score (nSPS) is 10.5. The standard InChI is InChI=1S/C21H19FN2O2/c1-2-6-21(26)24(17-10-12-20(25)23-14-17)16-9-11-18(19(22)13-16)15-7-4-3-5-8-15/h3-5,7-14H,2,6H2,1H3,(H,23,25). The number of nitrogens with zero attached hydrogens (tertiary/aromatic N) is 1. The second-order valence-corrected chi connectivity index (χ2v) is 5.92. The molecule has 1 heterocycles. The summed E-state index contributed by atoms with van der Waals surface area (Å²) >= 11 is 0. The molecule has 5 heteroatoms. The number of aromatic amines is 1. The van der Waals surface area contributed by atoms with Crippen molar-refractivity contribution in [1.29, 1.82) is 0 Å². The molecule has 0 atom stereocenters. The molecule has 0 aliphatic rings. The van der Waals surface area contributed by atoms with Crippen LogP contribution in [0.4, 0.5) is 15.8 Å². The van der Waals surface area contributed by atoms with Crippen LogP contribution < -0.4 is 10.5 Å². The van der Waals surface area contributed by atoms with Crippen molar-refractivity contribution in [3.05, 3.63) is 83.0 Å². The molecule has 1 aromatic heterocycles. The zero-order valence-electron chi connectivity index (χ0n) is 14.4. The van der Waals surface area contributed by atoms with E-state index in [1.165, 1.54) is 23.2 Å². The Kier molecular flexibility index (Phi) is 5.27. The van der Waals surface area contributed by atoms with Crippen molar-refractivity contribution in [2.75, 3.05) is 4.90 Å². The topological polar surface area (TPSA) is 53.2 Å². The van der Waals surface area contributed by atoms with Crippen LogP contribution in [-0.2, 0) is 4.79 Å². The molecule has 1 N–H and O–H groups in total. The number of anilines is 2. The summed E-state index contributed by atoms with van der Waals surface area (Å²) in [7, 11) is 0. The summed E-state index contributed by atoms with van der Waals surface area (Å²) in [6.07, 6.45) is 2.45. The van der Waals surface area contributed by atoms with Gasteiger partial charge in [0.25, 0.3) is 0 Å². The van der Waals surface area contributed by atoms with E-state index in [4.69, 9.17) is 0 Å². The van der Waals surface area contributed by atoms with Gasteiger partial charge in [-0.3, -0.25) is 14.5 Å². The predicted molar refractivity (Wildman–Crippen MR) is 101 cm³/mol. The van der Waals surface area contributed by atoms with Crippen molar-refractivity contribution in [2.45, 2.75) is 19.8 Å². The van der Waals surface area contributed by atoms with Crippen LogP contribution in [0.3, 0.4) is 0 Å². The van der Waals surface area contributed by atoms with Gasteiger partial charge in [-0.2, -0.15) is 0 Å². The SMILES string of the molecule is CCCC(=O)N(c1ccc(=O)[nH]c1)c1ccc(-c2ccccc2)c(F)c1. The molecule has 0 unspecified atom stereocenters. The number of pyridine rings is 1. The Labute approximate surface area is 150 Å². The highest BCUT2D eigenvalue weighted by molar-refractivity contribution is 6.00. The summed E-state index contributed by atoms with van der Waals surface area (Å²) in [5, 5.41) is 0. The lowest BCUT2D eigenvalue weighted by molar-refractivity contribution is -0.117. The Hall–Kier alpha value is -3.21. The minimum absolute atomic E-state index is 0.161. The molecular weight excluding hydrogens is 331 g/mol. The third kappa shape index (κ3) is 3.72. The maximum absolute atomic E-state index is 14.7. The van der Waals surface area contributed by atoms with E-state index in [2.05, 4.69) is 4.98 Å². The Morgan fingerprint density at radius 3 is 2.38 bits per heavy atom. The van der Waals surface area contributed by atoms with Gasteiger partial charge in [-0.25, -0.2) is 4.39 Å². The number of benzene rings is 2. The summed E-state index contributed by atoms with van der Waals surface area (Å²) in [6, 6.07) is 16.9. The van der Waals surface area contributed by atoms with Gasteiger partial charge in [0.1, 0.15) is 5.82 Å². The van der Waals surface area contributed by atoms with Crippen LogP contribution in [0.15, 0.2) is 71.7 Å². The van der Waals surface area contributed by atoms with E-state index < -0.39 is 5.82 Å². The van der Waals surface area contributed by atoms with Crippen molar-refractivity contribution < 1.29 is 9.18 Å². The molecule has 2 aromatic carbocycles. The molecule has 3 rings (SSSR count). The van der Waals surface area contributed by atoms with Gasteiger partial charge in [0.05, 0.1) is 11.4 Å². The van der Waals surface area contributed by atoms with E-state index in [1.54, 1.807) is 18.2 Å². The first-order chi connectivity index (χ1) is 12.6. The second kappa shape index (κ2) is 7.78. The Bertz CT molecular complexity index is 947. The molecule has 0 bridgehead atoms. The van der Waals surface area contributed by atoms with Crippen molar-refractivity contribution in [1.82, 2.24) is 4.98 Å². The lowest BCUT2D eigenvalue weighted by Gasteiger charge is -2.23. The van der Waals surface area contributed by atoms with Gasteiger partial charge in [0, 0.05) is 24.2 Å². The number of amides is 1. The van der Waals surface area contributed by atoms with Crippen molar-refractivity contribution >= 4 is 17.3 Å². The summed E-state index contributed by atoms with van der Waals surface area (Å²) in [5.74, 6) is -0.571. The molecule has 0 aliphatic heterocycles. The molecule has 0 aliphatic carbocycles. The van der Waals surface area contributed by atoms with Crippen LogP contribution in [0, 0.1) is 5.82 Å². The number of carbonyl (C=O) groups is 1. The highest BCUT2D eigenvalue weighted by Gasteiger charge is 2.19. The molecule has 0 saturated heterocycles. The van der Waals surface area contributed by atoms with Crippen molar-refractivity contribution in [2.24, 2.45) is 0 Å². The number of H-pyrrole nitrogens is 1. The van der Waals surface area contributed by atoms with Crippen LogP contribution in [0.1, 0.15) is 19.8 Å². The average Bonchev–Trinajstić information content (AvgIpc) is 2.65. The number of hydrogen-bond donors (Lipinski definition) is 1. The molecule has 1 amide bonds. The summed E-state index contributed by atoms with van der Waals surface area (Å²) in [6.45, 7) is 1.90. The first-order valence-corrected chi connectivity index (χ1v) is 8.47. The molecule has 132 valence electrons. The van der Waals surface area contributed by atoms with Crippen LogP contribution in [0.5, 0.6) is 0 Å². The van der Waals surface area contributed by atoms with E-state index in [1.807, 2.05) is 37.3 Å². The maximum Gasteiger partial charge on any atom is 0.248 e. The first kappa shape index (κ1) is 17.6. The Morgan fingerprint density at radius 1 is 1.04 bits per heavy atom. The van der Waals surface area contributed by atoms with Crippen LogP contribution >= 0.6 is 0 Å². The number of halogens is 1. The van der Waals surface area contributed by atoms with Gasteiger partial charge in [0.2, 0.25) is 11.5 Å². The van der Waals surface area contributed by atoms with Crippen molar-refractivity contribution in [3.63, 3.8) is 0 Å². The highest BCUT2D eigenvalue weighted by Crippen LogP contribution is 2.30. The van der Waals surface area contributed by atoms with Gasteiger partial charge in [-0.1, -0.05) is 37.3 Å². The van der Waals surface area contributed by atoms with Crippen LogP contribution in [-0.4, -0.2) is 10.9 Å². The number of aromatic nitrogens is 1. The minimum atomic E-state index is -0.410. The highest BCUT2D eigenvalue weighted by atomic mass is 19.1. The molecule has 0 saturated carbocycles. The Balaban J connectivity index is 2.04. The summed E-state index contributed by atoms with van der Waals surface area (Å²) in [5.41, 5.74) is 1.90. The van der Waals surface area contributed by atoms with Gasteiger partial charge < -0.3 is 4.98 Å². The fourth-order valence-corrected chi connectivity index (χ4v) is 2.80. The smallest absolute Gasteiger partial charge is 0.248 e. The van der Waals surface area contributed by atoms with Crippen LogP contribution in [0.2, 0.25) is 0 Å². The summed E-state index contributed by atoms with van der Waals surface area (Å²) in [4.78, 5) is 27.9. The quantitative estimate of drug-likeness (QED) is 0.728. The molecule has 4 nitrogen and oxygen atoms in total. The molecular formula is C21H19FN2O2. The molecule has 26 heavy (non-hydrogen) atoms. The van der Waals surface area contributed by atoms with Gasteiger partial charge in [-0.15, -0.1) is 0 Å². The lowest BCUT2D eigenvalue weighted by Crippen LogP contribution is -2.26. The minimum Gasteiger partial charge on any atom is -0.327 e. The molecule has 0 radical (unpaired) electrons. The van der Waals surface area contributed by atoms with Crippen molar-refractivity contribution in [3.8, 4) is 11.1 Å². The third-order valence-electron chi connectivity index (χ3n) is 4.03. The van der Waals surface area contributed by atoms with E-state index in [9.17, 15) is 14.0 Å². The molecule has 0 spiro atoms. The van der Waals surface area contributed by atoms with E-state index in [-0.39, 0.29) is 11.5 Å². The fraction of sp³-hybridized carbons (Fsp3) is 0.143. The lowest BCUT2D eigenvalue weighted by atomic mass is 10.0. The van der Waals surface area contributed by atoms with E-state index >= 15 is 0 Å². The maximum atomic E-state index is 14.7.